The molecule has 1 rings (SSSR count). The van der Waals surface area contributed by atoms with Crippen LogP contribution in [0.3, 0.4) is 0 Å². The number of hydrogen-bond donors (Lipinski definition) is 0. The van der Waals surface area contributed by atoms with Crippen LogP contribution < -0.4 is 0 Å². The standard InChI is InChI=1S/C11H20N2/c1-9(2)8-13-6-5-10(7-12)11(13,3)4/h9-10H,5-6,8H2,1-4H3. The highest BCUT2D eigenvalue weighted by Crippen LogP contribution is 2.34. The van der Waals surface area contributed by atoms with E-state index >= 15 is 0 Å². The molecule has 0 aliphatic carbocycles. The van der Waals surface area contributed by atoms with Gasteiger partial charge in [-0.3, -0.25) is 4.90 Å². The van der Waals surface area contributed by atoms with Crippen molar-refractivity contribution in [1.82, 2.24) is 4.90 Å². The van der Waals surface area contributed by atoms with Crippen molar-refractivity contribution in [1.29, 1.82) is 5.26 Å². The molecule has 0 spiro atoms. The van der Waals surface area contributed by atoms with Gasteiger partial charge in [-0.2, -0.15) is 5.26 Å². The molecule has 0 N–H and O–H groups in total. The van der Waals surface area contributed by atoms with Gasteiger partial charge < -0.3 is 0 Å². The van der Waals surface area contributed by atoms with E-state index in [0.717, 1.165) is 19.5 Å². The van der Waals surface area contributed by atoms with Gasteiger partial charge in [-0.1, -0.05) is 13.8 Å². The van der Waals surface area contributed by atoms with Gasteiger partial charge in [0.25, 0.3) is 0 Å². The van der Waals surface area contributed by atoms with Gasteiger partial charge >= 0.3 is 0 Å². The highest BCUT2D eigenvalue weighted by Gasteiger charge is 2.41. The zero-order valence-corrected chi connectivity index (χ0v) is 9.17. The van der Waals surface area contributed by atoms with E-state index in [-0.39, 0.29) is 11.5 Å². The zero-order valence-electron chi connectivity index (χ0n) is 9.17. The van der Waals surface area contributed by atoms with E-state index in [1.54, 1.807) is 0 Å². The van der Waals surface area contributed by atoms with Crippen LogP contribution in [0.4, 0.5) is 0 Å². The average molecular weight is 180 g/mol. The predicted molar refractivity (Wildman–Crippen MR) is 54.2 cm³/mol. The van der Waals surface area contributed by atoms with Gasteiger partial charge in [0.05, 0.1) is 12.0 Å². The lowest BCUT2D eigenvalue weighted by Gasteiger charge is -2.34. The molecule has 74 valence electrons. The van der Waals surface area contributed by atoms with E-state index in [0.29, 0.717) is 5.92 Å². The summed E-state index contributed by atoms with van der Waals surface area (Å²) in [5, 5.41) is 8.98. The van der Waals surface area contributed by atoms with Crippen molar-refractivity contribution in [3.63, 3.8) is 0 Å². The zero-order chi connectivity index (χ0) is 10.1. The topological polar surface area (TPSA) is 27.0 Å². The van der Waals surface area contributed by atoms with Crippen LogP contribution in [0.25, 0.3) is 0 Å². The van der Waals surface area contributed by atoms with E-state index in [4.69, 9.17) is 5.26 Å². The summed E-state index contributed by atoms with van der Waals surface area (Å²) in [6, 6.07) is 2.42. The fraction of sp³-hybridized carbons (Fsp3) is 0.909. The van der Waals surface area contributed by atoms with Gasteiger partial charge in [0.15, 0.2) is 0 Å². The van der Waals surface area contributed by atoms with Gasteiger partial charge in [0.1, 0.15) is 0 Å². The molecular weight excluding hydrogens is 160 g/mol. The summed E-state index contributed by atoms with van der Waals surface area (Å²) in [7, 11) is 0. The predicted octanol–water partition coefficient (Wildman–Crippen LogP) is 2.27. The maximum absolute atomic E-state index is 8.98. The smallest absolute Gasteiger partial charge is 0.0675 e. The van der Waals surface area contributed by atoms with E-state index in [1.807, 2.05) is 0 Å². The Morgan fingerprint density at radius 2 is 2.15 bits per heavy atom. The van der Waals surface area contributed by atoms with Gasteiger partial charge in [-0.25, -0.2) is 0 Å². The van der Waals surface area contributed by atoms with E-state index in [1.165, 1.54) is 0 Å². The first-order valence-corrected chi connectivity index (χ1v) is 5.13. The monoisotopic (exact) mass is 180 g/mol. The normalized spacial score (nSPS) is 27.8. The number of nitrogens with zero attached hydrogens (tertiary/aromatic N) is 2. The molecule has 0 saturated carbocycles. The second-order valence-corrected chi connectivity index (χ2v) is 4.96. The summed E-state index contributed by atoms with van der Waals surface area (Å²) in [6.45, 7) is 11.0. The van der Waals surface area contributed by atoms with Gasteiger partial charge in [0, 0.05) is 18.6 Å². The lowest BCUT2D eigenvalue weighted by atomic mass is 9.89. The number of rotatable bonds is 2. The largest absolute Gasteiger partial charge is 0.297 e. The Morgan fingerprint density at radius 1 is 1.54 bits per heavy atom. The summed E-state index contributed by atoms with van der Waals surface area (Å²) < 4.78 is 0. The lowest BCUT2D eigenvalue weighted by molar-refractivity contribution is 0.139. The molecule has 0 amide bonds. The molecule has 0 aromatic heterocycles. The van der Waals surface area contributed by atoms with Gasteiger partial charge in [-0.05, 0) is 26.2 Å². The first-order chi connectivity index (χ1) is 5.98. The van der Waals surface area contributed by atoms with Crippen molar-refractivity contribution < 1.29 is 0 Å². The van der Waals surface area contributed by atoms with Crippen molar-refractivity contribution in [2.75, 3.05) is 13.1 Å². The van der Waals surface area contributed by atoms with Crippen molar-refractivity contribution in [3.8, 4) is 6.07 Å². The highest BCUT2D eigenvalue weighted by atomic mass is 15.2. The summed E-state index contributed by atoms with van der Waals surface area (Å²) in [6.07, 6.45) is 1.04. The van der Waals surface area contributed by atoms with Crippen LogP contribution in [0.15, 0.2) is 0 Å². The number of hydrogen-bond acceptors (Lipinski definition) is 2. The third kappa shape index (κ3) is 2.03. The fourth-order valence-corrected chi connectivity index (χ4v) is 2.14. The number of nitriles is 1. The van der Waals surface area contributed by atoms with Crippen LogP contribution in [0.2, 0.25) is 0 Å². The Bertz CT molecular complexity index is 213. The van der Waals surface area contributed by atoms with Crippen LogP contribution in [0, 0.1) is 23.2 Å². The maximum Gasteiger partial charge on any atom is 0.0675 e. The molecule has 0 bridgehead atoms. The Kier molecular flexibility index (Phi) is 2.98. The first-order valence-electron chi connectivity index (χ1n) is 5.13. The molecule has 1 aliphatic heterocycles. The summed E-state index contributed by atoms with van der Waals surface area (Å²) in [5.74, 6) is 0.906. The minimum Gasteiger partial charge on any atom is -0.297 e. The summed E-state index contributed by atoms with van der Waals surface area (Å²) in [4.78, 5) is 2.45. The van der Waals surface area contributed by atoms with E-state index < -0.39 is 0 Å². The van der Waals surface area contributed by atoms with Gasteiger partial charge in [0.2, 0.25) is 0 Å². The Morgan fingerprint density at radius 3 is 2.54 bits per heavy atom. The second kappa shape index (κ2) is 3.67. The van der Waals surface area contributed by atoms with Gasteiger partial charge in [-0.15, -0.1) is 0 Å². The van der Waals surface area contributed by atoms with Crippen LogP contribution in [0.1, 0.15) is 34.1 Å². The molecule has 1 fully saturated rings. The molecule has 2 nitrogen and oxygen atoms in total. The lowest BCUT2D eigenvalue weighted by Crippen LogP contribution is -2.43. The third-order valence-electron chi connectivity index (χ3n) is 3.10. The molecule has 1 unspecified atom stereocenters. The SMILES string of the molecule is CC(C)CN1CCC(C#N)C1(C)C. The van der Waals surface area contributed by atoms with Crippen LogP contribution in [-0.4, -0.2) is 23.5 Å². The van der Waals surface area contributed by atoms with Crippen molar-refractivity contribution >= 4 is 0 Å². The molecular formula is C11H20N2. The van der Waals surface area contributed by atoms with Crippen LogP contribution >= 0.6 is 0 Å². The second-order valence-electron chi connectivity index (χ2n) is 4.96. The molecule has 2 heteroatoms. The Hall–Kier alpha value is -0.550. The Balaban J connectivity index is 2.65. The molecule has 0 radical (unpaired) electrons. The number of likely N-dealkylation sites (tertiary alicyclic amines) is 1. The van der Waals surface area contributed by atoms with Crippen LogP contribution in [0.5, 0.6) is 0 Å². The van der Waals surface area contributed by atoms with Crippen molar-refractivity contribution in [2.24, 2.45) is 11.8 Å². The minimum atomic E-state index is 0.0824. The summed E-state index contributed by atoms with van der Waals surface area (Å²) >= 11 is 0. The molecule has 1 heterocycles. The molecule has 0 aromatic rings. The minimum absolute atomic E-state index is 0.0824. The molecule has 13 heavy (non-hydrogen) atoms. The van der Waals surface area contributed by atoms with Crippen molar-refractivity contribution in [3.05, 3.63) is 0 Å². The summed E-state index contributed by atoms with van der Waals surface area (Å²) in [5.41, 5.74) is 0.0824. The molecule has 1 atom stereocenters. The highest BCUT2D eigenvalue weighted by molar-refractivity contribution is 5.05. The third-order valence-corrected chi connectivity index (χ3v) is 3.10. The molecule has 1 aliphatic rings. The molecule has 0 aromatic carbocycles. The molecule has 1 saturated heterocycles. The van der Waals surface area contributed by atoms with E-state index in [2.05, 4.69) is 38.7 Å². The fourth-order valence-electron chi connectivity index (χ4n) is 2.14. The van der Waals surface area contributed by atoms with Crippen LogP contribution in [-0.2, 0) is 0 Å². The quantitative estimate of drug-likeness (QED) is 0.652. The first kappa shape index (κ1) is 10.5. The van der Waals surface area contributed by atoms with E-state index in [9.17, 15) is 0 Å². The van der Waals surface area contributed by atoms with Crippen molar-refractivity contribution in [2.45, 2.75) is 39.7 Å². The Labute approximate surface area is 81.5 Å². The average Bonchev–Trinajstić information content (AvgIpc) is 2.26. The maximum atomic E-state index is 8.98.